The van der Waals surface area contributed by atoms with Crippen LogP contribution in [-0.4, -0.2) is 12.1 Å². The lowest BCUT2D eigenvalue weighted by Crippen LogP contribution is -2.33. The zero-order valence-electron chi connectivity index (χ0n) is 10.0. The summed E-state index contributed by atoms with van der Waals surface area (Å²) in [5, 5.41) is 3.42. The number of hydrogen-bond acceptors (Lipinski definition) is 1. The number of rotatable bonds is 6. The molecule has 0 heterocycles. The summed E-state index contributed by atoms with van der Waals surface area (Å²) in [6.07, 6.45) is 3.91. The molecule has 0 bridgehead atoms. The van der Waals surface area contributed by atoms with E-state index in [1.54, 1.807) is 0 Å². The molecule has 0 saturated carbocycles. The largest absolute Gasteiger partial charge is 0.308 e. The summed E-state index contributed by atoms with van der Waals surface area (Å²) < 4.78 is 12.7. The predicted octanol–water partition coefficient (Wildman–Crippen LogP) is 3.31. The fourth-order valence-corrected chi connectivity index (χ4v) is 1.63. The van der Waals surface area contributed by atoms with Crippen LogP contribution in [-0.2, 0) is 6.42 Å². The van der Waals surface area contributed by atoms with Crippen molar-refractivity contribution in [3.8, 4) is 0 Å². The summed E-state index contributed by atoms with van der Waals surface area (Å²) in [6, 6.07) is 7.50. The molecule has 0 saturated heterocycles. The second-order valence-corrected chi connectivity index (χ2v) is 4.26. The molecule has 0 aliphatic heterocycles. The molecule has 0 radical (unpaired) electrons. The Balaban J connectivity index is 2.33. The number of halogens is 1. The predicted molar refractivity (Wildman–Crippen MR) is 67.0 cm³/mol. The Labute approximate surface area is 97.4 Å². The normalized spacial score (nSPS) is 14.4. The van der Waals surface area contributed by atoms with Crippen LogP contribution >= 0.6 is 0 Å². The highest BCUT2D eigenvalue weighted by molar-refractivity contribution is 5.16. The maximum atomic E-state index is 12.7. The molecule has 0 aromatic heterocycles. The molecule has 1 nitrogen and oxygen atoms in total. The zero-order valence-corrected chi connectivity index (χ0v) is 10.0. The van der Waals surface area contributed by atoms with Crippen LogP contribution in [0.15, 0.2) is 36.9 Å². The topological polar surface area (TPSA) is 12.0 Å². The van der Waals surface area contributed by atoms with Crippen molar-refractivity contribution < 1.29 is 4.39 Å². The van der Waals surface area contributed by atoms with Gasteiger partial charge in [-0.25, -0.2) is 4.39 Å². The maximum Gasteiger partial charge on any atom is 0.123 e. The first-order valence-corrected chi connectivity index (χ1v) is 5.75. The lowest BCUT2D eigenvalue weighted by Gasteiger charge is -2.17. The third-order valence-electron chi connectivity index (χ3n) is 2.68. The molecular formula is C14H20FN. The molecular weight excluding hydrogens is 201 g/mol. The summed E-state index contributed by atoms with van der Waals surface area (Å²) >= 11 is 0. The highest BCUT2D eigenvalue weighted by Crippen LogP contribution is 2.07. The monoisotopic (exact) mass is 221 g/mol. The van der Waals surface area contributed by atoms with E-state index in [4.69, 9.17) is 0 Å². The lowest BCUT2D eigenvalue weighted by molar-refractivity contribution is 0.488. The van der Waals surface area contributed by atoms with Crippen LogP contribution in [0.2, 0.25) is 0 Å². The van der Waals surface area contributed by atoms with Gasteiger partial charge in [0.05, 0.1) is 0 Å². The van der Waals surface area contributed by atoms with Gasteiger partial charge in [-0.2, -0.15) is 0 Å². The van der Waals surface area contributed by atoms with Gasteiger partial charge in [-0.05, 0) is 44.4 Å². The van der Waals surface area contributed by atoms with Gasteiger partial charge in [0, 0.05) is 12.1 Å². The first-order valence-electron chi connectivity index (χ1n) is 5.75. The van der Waals surface area contributed by atoms with Crippen molar-refractivity contribution in [3.05, 3.63) is 48.3 Å². The number of benzene rings is 1. The lowest BCUT2D eigenvalue weighted by atomic mass is 10.1. The number of nitrogens with one attached hydrogen (secondary N) is 1. The fraction of sp³-hybridized carbons (Fsp3) is 0.429. The van der Waals surface area contributed by atoms with E-state index in [9.17, 15) is 4.39 Å². The fourth-order valence-electron chi connectivity index (χ4n) is 1.63. The Morgan fingerprint density at radius 2 is 1.94 bits per heavy atom. The van der Waals surface area contributed by atoms with Gasteiger partial charge in [0.15, 0.2) is 0 Å². The van der Waals surface area contributed by atoms with E-state index in [1.807, 2.05) is 18.2 Å². The smallest absolute Gasteiger partial charge is 0.123 e. The van der Waals surface area contributed by atoms with E-state index in [0.29, 0.717) is 12.1 Å². The van der Waals surface area contributed by atoms with Crippen molar-refractivity contribution in [2.75, 3.05) is 0 Å². The van der Waals surface area contributed by atoms with Crippen LogP contribution in [0.3, 0.4) is 0 Å². The molecule has 0 aliphatic rings. The highest BCUT2D eigenvalue weighted by Gasteiger charge is 2.04. The van der Waals surface area contributed by atoms with Gasteiger partial charge in [0.25, 0.3) is 0 Å². The van der Waals surface area contributed by atoms with E-state index >= 15 is 0 Å². The molecule has 0 spiro atoms. The van der Waals surface area contributed by atoms with Gasteiger partial charge in [-0.3, -0.25) is 0 Å². The van der Waals surface area contributed by atoms with E-state index < -0.39 is 0 Å². The SMILES string of the molecule is C=CC(C)NC(C)CCc1ccc(F)cc1. The Hall–Kier alpha value is -1.15. The molecule has 1 aromatic rings. The Kier molecular flexibility index (Phi) is 5.20. The minimum absolute atomic E-state index is 0.171. The summed E-state index contributed by atoms with van der Waals surface area (Å²) in [6.45, 7) is 7.98. The first-order chi connectivity index (χ1) is 7.61. The molecule has 0 amide bonds. The van der Waals surface area contributed by atoms with Crippen LogP contribution in [0, 0.1) is 5.82 Å². The highest BCUT2D eigenvalue weighted by atomic mass is 19.1. The number of hydrogen-bond donors (Lipinski definition) is 1. The van der Waals surface area contributed by atoms with Crippen molar-refractivity contribution in [1.82, 2.24) is 5.32 Å². The molecule has 16 heavy (non-hydrogen) atoms. The molecule has 2 unspecified atom stereocenters. The average Bonchev–Trinajstić information content (AvgIpc) is 2.28. The van der Waals surface area contributed by atoms with Gasteiger partial charge in [0.1, 0.15) is 5.82 Å². The Morgan fingerprint density at radius 1 is 1.31 bits per heavy atom. The average molecular weight is 221 g/mol. The van der Waals surface area contributed by atoms with E-state index in [2.05, 4.69) is 25.7 Å². The van der Waals surface area contributed by atoms with Gasteiger partial charge < -0.3 is 5.32 Å². The molecule has 88 valence electrons. The third kappa shape index (κ3) is 4.58. The second kappa shape index (κ2) is 6.44. The minimum atomic E-state index is -0.171. The van der Waals surface area contributed by atoms with Crippen molar-refractivity contribution >= 4 is 0 Å². The minimum Gasteiger partial charge on any atom is -0.308 e. The van der Waals surface area contributed by atoms with Crippen molar-refractivity contribution in [3.63, 3.8) is 0 Å². The molecule has 1 N–H and O–H groups in total. The van der Waals surface area contributed by atoms with Gasteiger partial charge in [-0.1, -0.05) is 18.2 Å². The van der Waals surface area contributed by atoms with Gasteiger partial charge >= 0.3 is 0 Å². The van der Waals surface area contributed by atoms with Crippen molar-refractivity contribution in [2.45, 2.75) is 38.8 Å². The Morgan fingerprint density at radius 3 is 2.50 bits per heavy atom. The summed E-state index contributed by atoms with van der Waals surface area (Å²) in [5.41, 5.74) is 1.18. The van der Waals surface area contributed by atoms with Crippen LogP contribution in [0.25, 0.3) is 0 Å². The summed E-state index contributed by atoms with van der Waals surface area (Å²) in [4.78, 5) is 0. The van der Waals surface area contributed by atoms with Gasteiger partial charge in [-0.15, -0.1) is 6.58 Å². The van der Waals surface area contributed by atoms with E-state index in [0.717, 1.165) is 12.8 Å². The van der Waals surface area contributed by atoms with Crippen LogP contribution in [0.4, 0.5) is 4.39 Å². The quantitative estimate of drug-likeness (QED) is 0.727. The molecule has 2 atom stereocenters. The molecule has 1 rings (SSSR count). The molecule has 1 aromatic carbocycles. The van der Waals surface area contributed by atoms with Crippen molar-refractivity contribution in [1.29, 1.82) is 0 Å². The summed E-state index contributed by atoms with van der Waals surface area (Å²) in [7, 11) is 0. The summed E-state index contributed by atoms with van der Waals surface area (Å²) in [5.74, 6) is -0.171. The first kappa shape index (κ1) is 12.9. The van der Waals surface area contributed by atoms with Crippen molar-refractivity contribution in [2.24, 2.45) is 0 Å². The second-order valence-electron chi connectivity index (χ2n) is 4.26. The van der Waals surface area contributed by atoms with Crippen LogP contribution < -0.4 is 5.32 Å². The number of aryl methyl sites for hydroxylation is 1. The zero-order chi connectivity index (χ0) is 12.0. The molecule has 0 fully saturated rings. The molecule has 2 heteroatoms. The molecule has 0 aliphatic carbocycles. The maximum absolute atomic E-state index is 12.7. The van der Waals surface area contributed by atoms with Crippen LogP contribution in [0.5, 0.6) is 0 Å². The third-order valence-corrected chi connectivity index (χ3v) is 2.68. The van der Waals surface area contributed by atoms with E-state index in [1.165, 1.54) is 17.7 Å². The van der Waals surface area contributed by atoms with Gasteiger partial charge in [0.2, 0.25) is 0 Å². The standard InChI is InChI=1S/C14H20FN/c1-4-11(2)16-12(3)5-6-13-7-9-14(15)10-8-13/h4,7-12,16H,1,5-6H2,2-3H3. The van der Waals surface area contributed by atoms with Crippen LogP contribution in [0.1, 0.15) is 25.8 Å². The van der Waals surface area contributed by atoms with E-state index in [-0.39, 0.29) is 5.82 Å². The Bertz CT molecular complexity index is 318.